The van der Waals surface area contributed by atoms with Crippen molar-refractivity contribution in [2.75, 3.05) is 6.54 Å². The Hall–Kier alpha value is -1.22. The van der Waals surface area contributed by atoms with Gasteiger partial charge in [0.05, 0.1) is 5.02 Å². The van der Waals surface area contributed by atoms with Gasteiger partial charge in [0.25, 0.3) is 0 Å². The minimum absolute atomic E-state index is 0.491. The van der Waals surface area contributed by atoms with Gasteiger partial charge < -0.3 is 10.1 Å². The molecule has 0 spiro atoms. The molecule has 21 heavy (non-hydrogen) atoms. The van der Waals surface area contributed by atoms with Crippen molar-refractivity contribution in [3.63, 3.8) is 0 Å². The number of benzene rings is 2. The minimum atomic E-state index is 0.491. The molecule has 1 N–H and O–H groups in total. The molecule has 0 aliphatic heterocycles. The Kier molecular flexibility index (Phi) is 6.37. The van der Waals surface area contributed by atoms with Crippen LogP contribution in [0.5, 0.6) is 5.75 Å². The van der Waals surface area contributed by atoms with Crippen molar-refractivity contribution in [2.24, 2.45) is 0 Å². The van der Waals surface area contributed by atoms with Crippen LogP contribution in [0.1, 0.15) is 24.5 Å². The van der Waals surface area contributed by atoms with E-state index in [4.69, 9.17) is 27.9 Å². The molecule has 112 valence electrons. The van der Waals surface area contributed by atoms with E-state index in [-0.39, 0.29) is 0 Å². The molecule has 0 radical (unpaired) electrons. The highest BCUT2D eigenvalue weighted by molar-refractivity contribution is 6.35. The van der Waals surface area contributed by atoms with E-state index in [1.165, 1.54) is 5.56 Å². The number of ether oxygens (including phenoxy) is 1. The lowest BCUT2D eigenvalue weighted by molar-refractivity contribution is 0.305. The number of nitrogens with one attached hydrogen (secondary N) is 1. The number of hydrogen-bond donors (Lipinski definition) is 1. The van der Waals surface area contributed by atoms with Crippen LogP contribution in [0.2, 0.25) is 10.0 Å². The van der Waals surface area contributed by atoms with E-state index in [2.05, 4.69) is 24.4 Å². The van der Waals surface area contributed by atoms with Crippen LogP contribution >= 0.6 is 23.2 Å². The standard InChI is InChI=1S/C17H19Cl2NO/c1-2-9-20-11-13-5-3-4-6-14(13)12-21-17-8-7-15(18)10-16(17)19/h3-8,10,20H,2,9,11-12H2,1H3. The van der Waals surface area contributed by atoms with Crippen molar-refractivity contribution < 1.29 is 4.74 Å². The molecule has 0 amide bonds. The first-order chi connectivity index (χ1) is 10.2. The first-order valence-electron chi connectivity index (χ1n) is 7.06. The number of hydrogen-bond acceptors (Lipinski definition) is 2. The van der Waals surface area contributed by atoms with Crippen LogP contribution in [-0.2, 0) is 13.2 Å². The predicted molar refractivity (Wildman–Crippen MR) is 89.2 cm³/mol. The van der Waals surface area contributed by atoms with Crippen LogP contribution in [0.4, 0.5) is 0 Å². The monoisotopic (exact) mass is 323 g/mol. The average Bonchev–Trinajstić information content (AvgIpc) is 2.48. The molecule has 0 aliphatic carbocycles. The summed E-state index contributed by atoms with van der Waals surface area (Å²) in [5.74, 6) is 0.650. The molecule has 0 heterocycles. The zero-order valence-corrected chi connectivity index (χ0v) is 13.5. The summed E-state index contributed by atoms with van der Waals surface area (Å²) in [6, 6.07) is 13.5. The zero-order valence-electron chi connectivity index (χ0n) is 12.0. The Morgan fingerprint density at radius 1 is 1.05 bits per heavy atom. The van der Waals surface area contributed by atoms with E-state index >= 15 is 0 Å². The van der Waals surface area contributed by atoms with Gasteiger partial charge in [0, 0.05) is 11.6 Å². The Morgan fingerprint density at radius 2 is 1.81 bits per heavy atom. The van der Waals surface area contributed by atoms with Crippen molar-refractivity contribution in [3.8, 4) is 5.75 Å². The third-order valence-corrected chi connectivity index (χ3v) is 3.67. The molecular formula is C17H19Cl2NO. The molecule has 0 atom stereocenters. The topological polar surface area (TPSA) is 21.3 Å². The second-order valence-corrected chi connectivity index (χ2v) is 5.65. The molecule has 2 aromatic carbocycles. The van der Waals surface area contributed by atoms with Gasteiger partial charge in [0.1, 0.15) is 12.4 Å². The van der Waals surface area contributed by atoms with Crippen LogP contribution in [-0.4, -0.2) is 6.54 Å². The van der Waals surface area contributed by atoms with Gasteiger partial charge in [-0.2, -0.15) is 0 Å². The Morgan fingerprint density at radius 3 is 2.52 bits per heavy atom. The van der Waals surface area contributed by atoms with Crippen LogP contribution < -0.4 is 10.1 Å². The van der Waals surface area contributed by atoms with Crippen LogP contribution in [0.25, 0.3) is 0 Å². The second-order valence-electron chi connectivity index (χ2n) is 4.81. The van der Waals surface area contributed by atoms with E-state index in [1.807, 2.05) is 12.1 Å². The van der Waals surface area contributed by atoms with Crippen LogP contribution in [0, 0.1) is 0 Å². The molecule has 0 aromatic heterocycles. The van der Waals surface area contributed by atoms with Crippen molar-refractivity contribution >= 4 is 23.2 Å². The first-order valence-corrected chi connectivity index (χ1v) is 7.81. The molecular weight excluding hydrogens is 305 g/mol. The van der Waals surface area contributed by atoms with Gasteiger partial charge in [-0.25, -0.2) is 0 Å². The predicted octanol–water partition coefficient (Wildman–Crippen LogP) is 5.07. The van der Waals surface area contributed by atoms with Crippen molar-refractivity contribution in [1.82, 2.24) is 5.32 Å². The molecule has 0 saturated heterocycles. The molecule has 0 bridgehead atoms. The summed E-state index contributed by atoms with van der Waals surface area (Å²) in [6.07, 6.45) is 1.12. The summed E-state index contributed by atoms with van der Waals surface area (Å²) >= 11 is 12.0. The summed E-state index contributed by atoms with van der Waals surface area (Å²) in [7, 11) is 0. The first kappa shape index (κ1) is 16.2. The lowest BCUT2D eigenvalue weighted by Gasteiger charge is -2.12. The summed E-state index contributed by atoms with van der Waals surface area (Å²) in [5, 5.41) is 4.55. The molecule has 2 rings (SSSR count). The molecule has 0 aliphatic rings. The fourth-order valence-corrected chi connectivity index (χ4v) is 2.48. The smallest absolute Gasteiger partial charge is 0.138 e. The maximum Gasteiger partial charge on any atom is 0.138 e. The van der Waals surface area contributed by atoms with E-state index in [9.17, 15) is 0 Å². The molecule has 2 aromatic rings. The van der Waals surface area contributed by atoms with E-state index in [0.29, 0.717) is 22.4 Å². The minimum Gasteiger partial charge on any atom is -0.487 e. The fourth-order valence-electron chi connectivity index (χ4n) is 2.02. The summed E-state index contributed by atoms with van der Waals surface area (Å²) in [4.78, 5) is 0. The number of rotatable bonds is 7. The van der Waals surface area contributed by atoms with Crippen molar-refractivity contribution in [1.29, 1.82) is 0 Å². The highest BCUT2D eigenvalue weighted by atomic mass is 35.5. The quantitative estimate of drug-likeness (QED) is 0.718. The Labute approximate surface area is 136 Å². The maximum absolute atomic E-state index is 6.12. The summed E-state index contributed by atoms with van der Waals surface area (Å²) in [5.41, 5.74) is 2.41. The van der Waals surface area contributed by atoms with Crippen molar-refractivity contribution in [2.45, 2.75) is 26.5 Å². The van der Waals surface area contributed by atoms with Gasteiger partial charge >= 0.3 is 0 Å². The van der Waals surface area contributed by atoms with E-state index < -0.39 is 0 Å². The van der Waals surface area contributed by atoms with Gasteiger partial charge in [0.15, 0.2) is 0 Å². The summed E-state index contributed by atoms with van der Waals surface area (Å²) < 4.78 is 5.81. The van der Waals surface area contributed by atoms with E-state index in [1.54, 1.807) is 18.2 Å². The van der Waals surface area contributed by atoms with Crippen LogP contribution in [0.3, 0.4) is 0 Å². The van der Waals surface area contributed by atoms with Gasteiger partial charge in [-0.1, -0.05) is 54.4 Å². The molecule has 2 nitrogen and oxygen atoms in total. The van der Waals surface area contributed by atoms with Gasteiger partial charge in [-0.3, -0.25) is 0 Å². The summed E-state index contributed by atoms with van der Waals surface area (Å²) in [6.45, 7) is 4.51. The van der Waals surface area contributed by atoms with Gasteiger partial charge in [-0.05, 0) is 42.3 Å². The highest BCUT2D eigenvalue weighted by Crippen LogP contribution is 2.28. The average molecular weight is 324 g/mol. The third-order valence-electron chi connectivity index (χ3n) is 3.14. The third kappa shape index (κ3) is 4.92. The van der Waals surface area contributed by atoms with Gasteiger partial charge in [0.2, 0.25) is 0 Å². The lowest BCUT2D eigenvalue weighted by atomic mass is 10.1. The molecule has 0 saturated carbocycles. The normalized spacial score (nSPS) is 10.6. The number of halogens is 2. The van der Waals surface area contributed by atoms with Crippen LogP contribution in [0.15, 0.2) is 42.5 Å². The SMILES string of the molecule is CCCNCc1ccccc1COc1ccc(Cl)cc1Cl. The Balaban J connectivity index is 2.02. The molecule has 0 fully saturated rings. The Bertz CT molecular complexity index is 587. The highest BCUT2D eigenvalue weighted by Gasteiger charge is 2.05. The fraction of sp³-hybridized carbons (Fsp3) is 0.294. The van der Waals surface area contributed by atoms with Gasteiger partial charge in [-0.15, -0.1) is 0 Å². The largest absolute Gasteiger partial charge is 0.487 e. The second kappa shape index (κ2) is 8.28. The van der Waals surface area contributed by atoms with Crippen molar-refractivity contribution in [3.05, 3.63) is 63.6 Å². The lowest BCUT2D eigenvalue weighted by Crippen LogP contribution is -2.15. The zero-order chi connectivity index (χ0) is 15.1. The van der Waals surface area contributed by atoms with E-state index in [0.717, 1.165) is 25.1 Å². The maximum atomic E-state index is 6.12. The molecule has 0 unspecified atom stereocenters. The molecule has 4 heteroatoms.